The largest absolute Gasteiger partial charge is 0.478 e. The molecule has 4 N–H and O–H groups in total. The van der Waals surface area contributed by atoms with Crippen LogP contribution in [0.25, 0.3) is 10.9 Å². The molecular formula is C16H22N2O3. The zero-order valence-electron chi connectivity index (χ0n) is 12.5. The molecule has 0 aliphatic rings. The Labute approximate surface area is 124 Å². The number of aliphatic hydroxyl groups excluding tert-OH is 1. The number of nitrogens with zero attached hydrogens (tertiary/aromatic N) is 1. The van der Waals surface area contributed by atoms with Crippen molar-refractivity contribution < 1.29 is 15.0 Å². The van der Waals surface area contributed by atoms with Gasteiger partial charge in [-0.25, -0.2) is 4.79 Å². The molecule has 21 heavy (non-hydrogen) atoms. The molecule has 0 spiro atoms. The van der Waals surface area contributed by atoms with Gasteiger partial charge in [-0.05, 0) is 56.5 Å². The highest BCUT2D eigenvalue weighted by Crippen LogP contribution is 2.29. The fraction of sp³-hybridized carbons (Fsp3) is 0.438. The van der Waals surface area contributed by atoms with Crippen molar-refractivity contribution in [1.82, 2.24) is 4.57 Å². The number of rotatable bonds is 6. The predicted octanol–water partition coefficient (Wildman–Crippen LogP) is 1.84. The van der Waals surface area contributed by atoms with E-state index >= 15 is 0 Å². The minimum Gasteiger partial charge on any atom is -0.478 e. The number of benzene rings is 1. The number of hydrogen-bond acceptors (Lipinski definition) is 3. The fourth-order valence-corrected chi connectivity index (χ4v) is 2.91. The van der Waals surface area contributed by atoms with Crippen LogP contribution in [0.15, 0.2) is 12.1 Å². The summed E-state index contributed by atoms with van der Waals surface area (Å²) in [5, 5.41) is 19.4. The molecule has 0 unspecified atom stereocenters. The van der Waals surface area contributed by atoms with Crippen LogP contribution in [0.1, 0.15) is 33.6 Å². The van der Waals surface area contributed by atoms with E-state index in [-0.39, 0.29) is 6.61 Å². The summed E-state index contributed by atoms with van der Waals surface area (Å²) >= 11 is 0. The molecule has 0 radical (unpaired) electrons. The summed E-state index contributed by atoms with van der Waals surface area (Å²) in [6.07, 6.45) is 1.41. The second-order valence-electron chi connectivity index (χ2n) is 5.32. The Kier molecular flexibility index (Phi) is 4.65. The van der Waals surface area contributed by atoms with E-state index in [1.807, 2.05) is 19.9 Å². The van der Waals surface area contributed by atoms with Crippen LogP contribution in [0.4, 0.5) is 0 Å². The van der Waals surface area contributed by atoms with Crippen molar-refractivity contribution in [2.75, 3.05) is 13.2 Å². The van der Waals surface area contributed by atoms with Crippen LogP contribution >= 0.6 is 0 Å². The Morgan fingerprint density at radius 3 is 2.62 bits per heavy atom. The van der Waals surface area contributed by atoms with Crippen LogP contribution in [0.5, 0.6) is 0 Å². The smallest absolute Gasteiger partial charge is 0.336 e. The summed E-state index contributed by atoms with van der Waals surface area (Å²) < 4.78 is 2.09. The molecule has 2 rings (SSSR count). The van der Waals surface area contributed by atoms with Crippen LogP contribution < -0.4 is 5.73 Å². The van der Waals surface area contributed by atoms with E-state index in [2.05, 4.69) is 4.57 Å². The van der Waals surface area contributed by atoms with Gasteiger partial charge in [-0.15, -0.1) is 0 Å². The summed E-state index contributed by atoms with van der Waals surface area (Å²) in [5.41, 5.74) is 9.97. The van der Waals surface area contributed by atoms with E-state index in [1.165, 1.54) is 5.56 Å². The SMILES string of the molecule is Cc1cc2c(CCN)c(C)n(CCCO)c2cc1C(=O)O. The van der Waals surface area contributed by atoms with Crippen LogP contribution in [0.2, 0.25) is 0 Å². The number of fused-ring (bicyclic) bond motifs is 1. The molecule has 0 saturated carbocycles. The minimum absolute atomic E-state index is 0.114. The number of aliphatic hydroxyl groups is 1. The molecular weight excluding hydrogens is 268 g/mol. The predicted molar refractivity (Wildman–Crippen MR) is 82.8 cm³/mol. The maximum atomic E-state index is 11.3. The third kappa shape index (κ3) is 2.80. The maximum absolute atomic E-state index is 11.3. The Morgan fingerprint density at radius 1 is 1.33 bits per heavy atom. The Hall–Kier alpha value is -1.85. The van der Waals surface area contributed by atoms with Gasteiger partial charge in [-0.3, -0.25) is 0 Å². The number of hydrogen-bond donors (Lipinski definition) is 3. The summed E-state index contributed by atoms with van der Waals surface area (Å²) in [6, 6.07) is 3.67. The zero-order valence-corrected chi connectivity index (χ0v) is 12.5. The molecule has 0 bridgehead atoms. The Morgan fingerprint density at radius 2 is 2.05 bits per heavy atom. The van der Waals surface area contributed by atoms with Crippen LogP contribution in [0.3, 0.4) is 0 Å². The van der Waals surface area contributed by atoms with Crippen molar-refractivity contribution in [1.29, 1.82) is 0 Å². The van der Waals surface area contributed by atoms with Gasteiger partial charge in [0.15, 0.2) is 0 Å². The number of carboxylic acids is 1. The Bertz CT molecular complexity index is 674. The third-order valence-electron chi connectivity index (χ3n) is 3.96. The average molecular weight is 290 g/mol. The van der Waals surface area contributed by atoms with Crippen molar-refractivity contribution in [3.05, 3.63) is 34.5 Å². The maximum Gasteiger partial charge on any atom is 0.336 e. The first-order valence-electron chi connectivity index (χ1n) is 7.17. The highest BCUT2D eigenvalue weighted by Gasteiger charge is 2.17. The standard InChI is InChI=1S/C16H22N2O3/c1-10-8-14-12(4-5-17)11(2)18(6-3-7-19)15(14)9-13(10)16(20)21/h8-9,19H,3-7,17H2,1-2H3,(H,20,21). The van der Waals surface area contributed by atoms with E-state index in [1.54, 1.807) is 6.07 Å². The quantitative estimate of drug-likeness (QED) is 0.757. The van der Waals surface area contributed by atoms with Crippen LogP contribution in [-0.4, -0.2) is 33.9 Å². The van der Waals surface area contributed by atoms with Gasteiger partial charge < -0.3 is 20.5 Å². The van der Waals surface area contributed by atoms with Crippen molar-refractivity contribution in [3.8, 4) is 0 Å². The van der Waals surface area contributed by atoms with Gasteiger partial charge in [0.2, 0.25) is 0 Å². The van der Waals surface area contributed by atoms with E-state index in [9.17, 15) is 9.90 Å². The van der Waals surface area contributed by atoms with Gasteiger partial charge in [0.05, 0.1) is 5.56 Å². The summed E-state index contributed by atoms with van der Waals surface area (Å²) in [6.45, 7) is 5.18. The molecule has 5 nitrogen and oxygen atoms in total. The topological polar surface area (TPSA) is 88.5 Å². The van der Waals surface area contributed by atoms with Gasteiger partial charge in [0.25, 0.3) is 0 Å². The lowest BCUT2D eigenvalue weighted by Gasteiger charge is -2.08. The zero-order chi connectivity index (χ0) is 15.6. The molecule has 0 fully saturated rings. The molecule has 1 aromatic heterocycles. The Balaban J connectivity index is 2.71. The second-order valence-corrected chi connectivity index (χ2v) is 5.32. The number of aromatic nitrogens is 1. The summed E-state index contributed by atoms with van der Waals surface area (Å²) in [5.74, 6) is -0.915. The van der Waals surface area contributed by atoms with Crippen LogP contribution in [0, 0.1) is 13.8 Å². The molecule has 0 atom stereocenters. The van der Waals surface area contributed by atoms with Crippen molar-refractivity contribution in [2.45, 2.75) is 33.2 Å². The number of nitrogens with two attached hydrogens (primary N) is 1. The third-order valence-corrected chi connectivity index (χ3v) is 3.96. The molecule has 1 aromatic carbocycles. The van der Waals surface area contributed by atoms with Gasteiger partial charge >= 0.3 is 5.97 Å². The van der Waals surface area contributed by atoms with Crippen molar-refractivity contribution in [2.24, 2.45) is 5.73 Å². The lowest BCUT2D eigenvalue weighted by molar-refractivity contribution is 0.0696. The number of aryl methyl sites for hydroxylation is 2. The van der Waals surface area contributed by atoms with Crippen LogP contribution in [-0.2, 0) is 13.0 Å². The van der Waals surface area contributed by atoms with Crippen molar-refractivity contribution >= 4 is 16.9 Å². The first-order valence-corrected chi connectivity index (χ1v) is 7.17. The molecule has 2 aromatic rings. The lowest BCUT2D eigenvalue weighted by atomic mass is 10.0. The highest BCUT2D eigenvalue weighted by atomic mass is 16.4. The second kappa shape index (κ2) is 6.28. The molecule has 0 aliphatic heterocycles. The first-order chi connectivity index (χ1) is 10.0. The normalized spacial score (nSPS) is 11.2. The number of carboxylic acid groups (broad SMARTS) is 1. The van der Waals surface area contributed by atoms with E-state index in [4.69, 9.17) is 10.8 Å². The van der Waals surface area contributed by atoms with E-state index < -0.39 is 5.97 Å². The number of aromatic carboxylic acids is 1. The molecule has 0 aliphatic carbocycles. The molecule has 114 valence electrons. The van der Waals surface area contributed by atoms with Gasteiger partial charge in [0, 0.05) is 29.7 Å². The van der Waals surface area contributed by atoms with E-state index in [0.717, 1.165) is 28.6 Å². The molecule has 0 saturated heterocycles. The molecule has 5 heteroatoms. The molecule has 1 heterocycles. The fourth-order valence-electron chi connectivity index (χ4n) is 2.91. The van der Waals surface area contributed by atoms with Gasteiger partial charge in [-0.2, -0.15) is 0 Å². The lowest BCUT2D eigenvalue weighted by Crippen LogP contribution is -2.06. The number of carbonyl (C=O) groups is 1. The van der Waals surface area contributed by atoms with Gasteiger partial charge in [0.1, 0.15) is 0 Å². The summed E-state index contributed by atoms with van der Waals surface area (Å²) in [7, 11) is 0. The highest BCUT2D eigenvalue weighted by molar-refractivity contribution is 5.97. The average Bonchev–Trinajstić information content (AvgIpc) is 2.68. The summed E-state index contributed by atoms with van der Waals surface area (Å²) in [4.78, 5) is 11.3. The van der Waals surface area contributed by atoms with Crippen molar-refractivity contribution in [3.63, 3.8) is 0 Å². The van der Waals surface area contributed by atoms with Gasteiger partial charge in [-0.1, -0.05) is 0 Å². The molecule has 0 amide bonds. The minimum atomic E-state index is -0.915. The monoisotopic (exact) mass is 290 g/mol. The van der Waals surface area contributed by atoms with E-state index in [0.29, 0.717) is 25.1 Å². The first kappa shape index (κ1) is 15.5.